The number of carbonyl (C=O) groups excluding carboxylic acids is 1. The summed E-state index contributed by atoms with van der Waals surface area (Å²) in [5.41, 5.74) is 0. The van der Waals surface area contributed by atoms with Crippen LogP contribution in [0.15, 0.2) is 0 Å². The van der Waals surface area contributed by atoms with Crippen LogP contribution in [-0.2, 0) is 38.0 Å². The molecular weight excluding hydrogens is 394 g/mol. The highest BCUT2D eigenvalue weighted by atomic mass is 16.8. The molecule has 3 aliphatic heterocycles. The Morgan fingerprint density at radius 2 is 1.43 bits per heavy atom. The number of rotatable bonds is 4. The van der Waals surface area contributed by atoms with Crippen molar-refractivity contribution < 1.29 is 38.0 Å². The van der Waals surface area contributed by atoms with Crippen molar-refractivity contribution in [2.75, 3.05) is 0 Å². The first-order chi connectivity index (χ1) is 13.9. The molecule has 0 aromatic rings. The van der Waals surface area contributed by atoms with E-state index in [0.717, 1.165) is 0 Å². The van der Waals surface area contributed by atoms with Crippen molar-refractivity contribution >= 4 is 11.9 Å². The summed E-state index contributed by atoms with van der Waals surface area (Å²) in [5, 5.41) is 7.67. The maximum Gasteiger partial charge on any atom is 0.303 e. The van der Waals surface area contributed by atoms with Gasteiger partial charge < -0.3 is 33.2 Å². The van der Waals surface area contributed by atoms with Gasteiger partial charge in [-0.15, -0.1) is 0 Å². The fourth-order valence-electron chi connectivity index (χ4n) is 4.38. The number of nitrogens with one attached hydrogen (secondary N) is 1. The largest absolute Gasteiger partial charge is 0.457 e. The van der Waals surface area contributed by atoms with Crippen LogP contribution in [-0.4, -0.2) is 66.9 Å². The van der Waals surface area contributed by atoms with Crippen LogP contribution in [0.25, 0.3) is 0 Å². The van der Waals surface area contributed by atoms with Crippen LogP contribution in [0.1, 0.15) is 55.4 Å². The highest BCUT2D eigenvalue weighted by molar-refractivity contribution is 5.69. The third-order valence-electron chi connectivity index (χ3n) is 6.01. The van der Waals surface area contributed by atoms with Gasteiger partial charge in [0.2, 0.25) is 6.29 Å². The molecule has 0 aromatic heterocycles. The van der Waals surface area contributed by atoms with E-state index in [9.17, 15) is 4.79 Å². The average Bonchev–Trinajstić information content (AvgIpc) is 2.95. The van der Waals surface area contributed by atoms with Crippen LogP contribution in [0.3, 0.4) is 0 Å². The van der Waals surface area contributed by atoms with E-state index in [-0.39, 0.29) is 29.9 Å². The van der Waals surface area contributed by atoms with Gasteiger partial charge in [0.1, 0.15) is 12.2 Å². The van der Waals surface area contributed by atoms with Gasteiger partial charge in [0.15, 0.2) is 24.1 Å². The van der Waals surface area contributed by atoms with Gasteiger partial charge in [-0.25, -0.2) is 0 Å². The number of carbonyl (C=O) groups is 1. The molecule has 9 heteroatoms. The molecular formula is C21H35NO8. The molecule has 3 fully saturated rings. The maximum absolute atomic E-state index is 11.7. The third kappa shape index (κ3) is 4.80. The molecule has 10 atom stereocenters. The quantitative estimate of drug-likeness (QED) is 0.413. The highest BCUT2D eigenvalue weighted by Crippen LogP contribution is 2.42. The maximum atomic E-state index is 11.7. The van der Waals surface area contributed by atoms with E-state index in [1.54, 1.807) is 13.8 Å². The Balaban J connectivity index is 1.85. The zero-order chi connectivity index (χ0) is 22.4. The fraction of sp³-hybridized carbons (Fsp3) is 0.905. The van der Waals surface area contributed by atoms with E-state index < -0.39 is 48.8 Å². The Hall–Kier alpha value is -1.26. The molecule has 1 N–H and O–H groups in total. The summed E-state index contributed by atoms with van der Waals surface area (Å²) in [5.74, 6) is -1.34. The molecule has 0 radical (unpaired) electrons. The molecule has 0 spiro atoms. The van der Waals surface area contributed by atoms with E-state index in [1.807, 2.05) is 27.7 Å². The summed E-state index contributed by atoms with van der Waals surface area (Å²) in [4.78, 5) is 11.7. The Kier molecular flexibility index (Phi) is 6.79. The normalized spacial score (nSPS) is 45.5. The average molecular weight is 430 g/mol. The van der Waals surface area contributed by atoms with Crippen molar-refractivity contribution in [1.82, 2.24) is 0 Å². The molecule has 0 aromatic carbocycles. The van der Waals surface area contributed by atoms with Gasteiger partial charge in [-0.3, -0.25) is 10.2 Å². The molecule has 4 unspecified atom stereocenters. The molecule has 172 valence electrons. The van der Waals surface area contributed by atoms with Gasteiger partial charge in [0.05, 0.1) is 18.3 Å². The molecule has 0 aliphatic carbocycles. The monoisotopic (exact) mass is 429 g/mol. The van der Waals surface area contributed by atoms with Gasteiger partial charge >= 0.3 is 5.97 Å². The minimum Gasteiger partial charge on any atom is -0.457 e. The van der Waals surface area contributed by atoms with Crippen LogP contribution in [0.4, 0.5) is 0 Å². The summed E-state index contributed by atoms with van der Waals surface area (Å²) in [6, 6.07) is 0. The predicted octanol–water partition coefficient (Wildman–Crippen LogP) is 2.60. The fourth-order valence-corrected chi connectivity index (χ4v) is 4.38. The third-order valence-corrected chi connectivity index (χ3v) is 6.01. The molecule has 3 heterocycles. The second-order valence-electron chi connectivity index (χ2n) is 9.05. The number of hydrogen-bond donors (Lipinski definition) is 1. The number of esters is 1. The molecule has 0 saturated carbocycles. The van der Waals surface area contributed by atoms with Crippen LogP contribution in [0, 0.1) is 17.2 Å². The summed E-state index contributed by atoms with van der Waals surface area (Å²) in [6.07, 6.45) is -3.85. The van der Waals surface area contributed by atoms with Crippen molar-refractivity contribution in [3.05, 3.63) is 0 Å². The lowest BCUT2D eigenvalue weighted by atomic mass is 9.90. The van der Waals surface area contributed by atoms with Gasteiger partial charge in [-0.05, 0) is 27.7 Å². The van der Waals surface area contributed by atoms with E-state index >= 15 is 0 Å². The standard InChI is InChI=1S/C21H35NO8/c1-9-11(3)24-20(18-16(9)29-21(7,8)30-18)28-15-10(2)19(26-13(5)22)25-12(4)17(15)27-14(6)23/h9-12,15-20,22H,1-8H3/t9-,10+,11?,12?,15?,16+,17+,18?,19+,20-/m0/s1. The first-order valence-electron chi connectivity index (χ1n) is 10.6. The van der Waals surface area contributed by atoms with Gasteiger partial charge in [0.25, 0.3) is 0 Å². The Bertz CT molecular complexity index is 655. The van der Waals surface area contributed by atoms with E-state index in [0.29, 0.717) is 0 Å². The first-order valence-corrected chi connectivity index (χ1v) is 10.6. The van der Waals surface area contributed by atoms with Crippen molar-refractivity contribution in [2.24, 2.45) is 11.8 Å². The lowest BCUT2D eigenvalue weighted by Crippen LogP contribution is -2.60. The minimum absolute atomic E-state index is 0.0365. The van der Waals surface area contributed by atoms with Crippen LogP contribution in [0.5, 0.6) is 0 Å². The van der Waals surface area contributed by atoms with Crippen molar-refractivity contribution in [3.63, 3.8) is 0 Å². The lowest BCUT2D eigenvalue weighted by Gasteiger charge is -2.47. The Morgan fingerprint density at radius 3 is 2.03 bits per heavy atom. The van der Waals surface area contributed by atoms with Crippen molar-refractivity contribution in [3.8, 4) is 0 Å². The summed E-state index contributed by atoms with van der Waals surface area (Å²) < 4.78 is 41.8. The summed E-state index contributed by atoms with van der Waals surface area (Å²) >= 11 is 0. The van der Waals surface area contributed by atoms with Crippen molar-refractivity contribution in [1.29, 1.82) is 5.41 Å². The van der Waals surface area contributed by atoms with Gasteiger partial charge in [-0.2, -0.15) is 0 Å². The first kappa shape index (κ1) is 23.4. The molecule has 0 amide bonds. The number of fused-ring (bicyclic) bond motifs is 1. The zero-order valence-electron chi connectivity index (χ0n) is 19.0. The van der Waals surface area contributed by atoms with Crippen LogP contribution in [0.2, 0.25) is 0 Å². The molecule has 30 heavy (non-hydrogen) atoms. The van der Waals surface area contributed by atoms with Gasteiger partial charge in [-0.1, -0.05) is 13.8 Å². The SMILES string of the molecule is CC(=N)O[C@H]1OC(C)[C@@H](OC(C)=O)C(O[C@@H]2OC(C)[C@H](C)[C@H]3OC(C)(C)OC23)[C@H]1C. The van der Waals surface area contributed by atoms with E-state index in [1.165, 1.54) is 6.92 Å². The number of hydrogen-bond acceptors (Lipinski definition) is 9. The molecule has 3 rings (SSSR count). The van der Waals surface area contributed by atoms with E-state index in [2.05, 4.69) is 6.92 Å². The highest BCUT2D eigenvalue weighted by Gasteiger charge is 2.56. The number of ether oxygens (including phenoxy) is 7. The molecule has 0 bridgehead atoms. The smallest absolute Gasteiger partial charge is 0.303 e. The molecule has 3 saturated heterocycles. The van der Waals surface area contributed by atoms with Crippen LogP contribution >= 0.6 is 0 Å². The minimum atomic E-state index is -0.745. The molecule has 3 aliphatic rings. The second kappa shape index (κ2) is 8.70. The summed E-state index contributed by atoms with van der Waals surface area (Å²) in [7, 11) is 0. The Morgan fingerprint density at radius 1 is 0.833 bits per heavy atom. The molecule has 9 nitrogen and oxygen atoms in total. The Labute approximate surface area is 178 Å². The van der Waals surface area contributed by atoms with Crippen molar-refractivity contribution in [2.45, 2.75) is 110 Å². The summed E-state index contributed by atoms with van der Waals surface area (Å²) in [6.45, 7) is 14.4. The predicted molar refractivity (Wildman–Crippen MR) is 106 cm³/mol. The van der Waals surface area contributed by atoms with E-state index in [4.69, 9.17) is 38.6 Å². The van der Waals surface area contributed by atoms with Gasteiger partial charge in [0, 0.05) is 25.7 Å². The zero-order valence-corrected chi connectivity index (χ0v) is 19.0. The topological polar surface area (TPSA) is 106 Å². The lowest BCUT2D eigenvalue weighted by molar-refractivity contribution is -0.326. The van der Waals surface area contributed by atoms with Crippen LogP contribution < -0.4 is 0 Å². The second-order valence-corrected chi connectivity index (χ2v) is 9.05.